The SMILES string of the molecule is O=C(OC(=O)[C@H](O)[C@@H](O)[C@H](O)[C@H](O)CO)c1cc(O)c(O)c(O)c1. The van der Waals surface area contributed by atoms with Crippen molar-refractivity contribution in [3.63, 3.8) is 0 Å². The first kappa shape index (κ1) is 19.6. The first-order valence-corrected chi connectivity index (χ1v) is 6.44. The van der Waals surface area contributed by atoms with Gasteiger partial charge in [-0.15, -0.1) is 0 Å². The van der Waals surface area contributed by atoms with Crippen LogP contribution in [0.1, 0.15) is 10.4 Å². The molecule has 11 heteroatoms. The molecule has 0 radical (unpaired) electrons. The van der Waals surface area contributed by atoms with E-state index in [2.05, 4.69) is 4.74 Å². The van der Waals surface area contributed by atoms with Crippen LogP contribution in [-0.2, 0) is 9.53 Å². The van der Waals surface area contributed by atoms with Crippen molar-refractivity contribution in [3.05, 3.63) is 17.7 Å². The van der Waals surface area contributed by atoms with Crippen LogP contribution in [0.15, 0.2) is 12.1 Å². The Balaban J connectivity index is 2.81. The Hall–Kier alpha value is -2.44. The Morgan fingerprint density at radius 2 is 1.46 bits per heavy atom. The molecule has 0 spiro atoms. The van der Waals surface area contributed by atoms with Gasteiger partial charge in [-0.25, -0.2) is 9.59 Å². The van der Waals surface area contributed by atoms with Gasteiger partial charge in [-0.05, 0) is 12.1 Å². The van der Waals surface area contributed by atoms with Gasteiger partial charge in [0.1, 0.15) is 18.3 Å². The van der Waals surface area contributed by atoms with Gasteiger partial charge in [0.15, 0.2) is 23.4 Å². The Kier molecular flexibility index (Phi) is 6.45. The average Bonchev–Trinajstić information content (AvgIpc) is 2.55. The number of aromatic hydroxyl groups is 3. The minimum atomic E-state index is -2.44. The zero-order valence-electron chi connectivity index (χ0n) is 12.0. The summed E-state index contributed by atoms with van der Waals surface area (Å²) >= 11 is 0. The van der Waals surface area contributed by atoms with Crippen LogP contribution in [0.25, 0.3) is 0 Å². The summed E-state index contributed by atoms with van der Waals surface area (Å²) in [6, 6.07) is 1.33. The lowest BCUT2D eigenvalue weighted by Gasteiger charge is -2.24. The fourth-order valence-corrected chi connectivity index (χ4v) is 1.59. The monoisotopic (exact) mass is 348 g/mol. The Bertz CT molecular complexity index is 591. The first-order valence-electron chi connectivity index (χ1n) is 6.44. The van der Waals surface area contributed by atoms with Gasteiger partial charge >= 0.3 is 11.9 Å². The Morgan fingerprint density at radius 1 is 0.958 bits per heavy atom. The van der Waals surface area contributed by atoms with Crippen molar-refractivity contribution in [2.24, 2.45) is 0 Å². The maximum atomic E-state index is 11.7. The molecule has 0 heterocycles. The number of aliphatic hydroxyl groups is 5. The first-order chi connectivity index (χ1) is 11.1. The Labute approximate surface area is 134 Å². The largest absolute Gasteiger partial charge is 0.504 e. The zero-order chi connectivity index (χ0) is 18.6. The van der Waals surface area contributed by atoms with Crippen LogP contribution in [0.2, 0.25) is 0 Å². The van der Waals surface area contributed by atoms with Crippen LogP contribution in [-0.4, -0.2) is 83.8 Å². The minimum Gasteiger partial charge on any atom is -0.504 e. The van der Waals surface area contributed by atoms with Gasteiger partial charge in [-0.2, -0.15) is 0 Å². The van der Waals surface area contributed by atoms with Crippen LogP contribution >= 0.6 is 0 Å². The van der Waals surface area contributed by atoms with Gasteiger partial charge in [-0.1, -0.05) is 0 Å². The van der Waals surface area contributed by atoms with Gasteiger partial charge in [0.2, 0.25) is 0 Å². The third-order valence-corrected chi connectivity index (χ3v) is 2.99. The highest BCUT2D eigenvalue weighted by Crippen LogP contribution is 2.35. The van der Waals surface area contributed by atoms with Crippen molar-refractivity contribution in [2.75, 3.05) is 6.61 Å². The number of ether oxygens (including phenoxy) is 1. The molecule has 11 nitrogen and oxygen atoms in total. The van der Waals surface area contributed by atoms with Crippen LogP contribution in [0.4, 0.5) is 0 Å². The van der Waals surface area contributed by atoms with E-state index >= 15 is 0 Å². The van der Waals surface area contributed by atoms with Crippen LogP contribution in [0.3, 0.4) is 0 Å². The van der Waals surface area contributed by atoms with E-state index in [-0.39, 0.29) is 0 Å². The van der Waals surface area contributed by atoms with E-state index in [9.17, 15) is 35.1 Å². The Morgan fingerprint density at radius 3 is 1.92 bits per heavy atom. The van der Waals surface area contributed by atoms with Gasteiger partial charge in [0.05, 0.1) is 12.2 Å². The molecule has 0 bridgehead atoms. The molecule has 0 aliphatic carbocycles. The number of carbonyl (C=O) groups is 2. The smallest absolute Gasteiger partial charge is 0.346 e. The molecular formula is C13H16O11. The molecule has 4 atom stereocenters. The van der Waals surface area contributed by atoms with E-state index in [0.29, 0.717) is 12.1 Å². The summed E-state index contributed by atoms with van der Waals surface area (Å²) in [6.07, 6.45) is -8.67. The van der Waals surface area contributed by atoms with Gasteiger partial charge in [0, 0.05) is 0 Å². The number of esters is 2. The summed E-state index contributed by atoms with van der Waals surface area (Å²) in [7, 11) is 0. The lowest BCUT2D eigenvalue weighted by atomic mass is 10.0. The molecule has 0 aromatic heterocycles. The van der Waals surface area contributed by atoms with Gasteiger partial charge in [-0.3, -0.25) is 0 Å². The number of benzene rings is 1. The van der Waals surface area contributed by atoms with E-state index in [0.717, 1.165) is 0 Å². The number of phenols is 3. The maximum absolute atomic E-state index is 11.7. The van der Waals surface area contributed by atoms with Crippen molar-refractivity contribution < 1.29 is 55.2 Å². The van der Waals surface area contributed by atoms with Crippen molar-refractivity contribution in [1.82, 2.24) is 0 Å². The molecule has 1 rings (SSSR count). The molecule has 24 heavy (non-hydrogen) atoms. The lowest BCUT2D eigenvalue weighted by Crippen LogP contribution is -2.49. The molecule has 0 saturated heterocycles. The van der Waals surface area contributed by atoms with E-state index < -0.39 is 65.8 Å². The molecule has 8 N–H and O–H groups in total. The predicted octanol–water partition coefficient (Wildman–Crippen LogP) is -3.08. The summed E-state index contributed by atoms with van der Waals surface area (Å²) in [6.45, 7) is -0.967. The molecule has 0 aliphatic rings. The van der Waals surface area contributed by atoms with E-state index in [4.69, 9.17) is 15.3 Å². The maximum Gasteiger partial charge on any atom is 0.346 e. The number of aliphatic hydroxyl groups excluding tert-OH is 5. The van der Waals surface area contributed by atoms with Crippen molar-refractivity contribution in [3.8, 4) is 17.2 Å². The van der Waals surface area contributed by atoms with Crippen molar-refractivity contribution in [2.45, 2.75) is 24.4 Å². The molecule has 0 aliphatic heterocycles. The normalized spacial score (nSPS) is 16.0. The molecule has 1 aromatic rings. The summed E-state index contributed by atoms with van der Waals surface area (Å²) in [4.78, 5) is 23.2. The molecule has 0 unspecified atom stereocenters. The molecule has 134 valence electrons. The zero-order valence-corrected chi connectivity index (χ0v) is 12.0. The minimum absolute atomic E-state index is 0.561. The number of carbonyl (C=O) groups excluding carboxylic acids is 2. The van der Waals surface area contributed by atoms with Crippen LogP contribution in [0.5, 0.6) is 17.2 Å². The van der Waals surface area contributed by atoms with Gasteiger partial charge in [0.25, 0.3) is 0 Å². The molecule has 0 fully saturated rings. The molecular weight excluding hydrogens is 332 g/mol. The van der Waals surface area contributed by atoms with Crippen LogP contribution in [0, 0.1) is 0 Å². The molecule has 0 amide bonds. The fourth-order valence-electron chi connectivity index (χ4n) is 1.59. The predicted molar refractivity (Wildman–Crippen MR) is 73.0 cm³/mol. The second-order valence-corrected chi connectivity index (χ2v) is 4.75. The highest BCUT2D eigenvalue weighted by atomic mass is 16.6. The summed E-state index contributed by atoms with van der Waals surface area (Å²) in [5.41, 5.74) is -0.561. The van der Waals surface area contributed by atoms with Crippen molar-refractivity contribution in [1.29, 1.82) is 0 Å². The van der Waals surface area contributed by atoms with Crippen molar-refractivity contribution >= 4 is 11.9 Å². The highest BCUT2D eigenvalue weighted by molar-refractivity contribution is 5.98. The molecule has 0 saturated carbocycles. The fraction of sp³-hybridized carbons (Fsp3) is 0.385. The third kappa shape index (κ3) is 4.31. The topological polar surface area (TPSA) is 205 Å². The standard InChI is InChI=1S/C13H16O11/c14-3-7(17)9(19)10(20)11(21)13(23)24-12(22)4-1-5(15)8(18)6(16)2-4/h1-2,7,9-11,14-21H,3H2/t7-,9-,10+,11-/m1/s1. The second kappa shape index (κ2) is 7.90. The van der Waals surface area contributed by atoms with Gasteiger partial charge < -0.3 is 45.6 Å². The third-order valence-electron chi connectivity index (χ3n) is 2.99. The van der Waals surface area contributed by atoms with E-state index in [1.165, 1.54) is 0 Å². The number of hydrogen-bond acceptors (Lipinski definition) is 11. The summed E-state index contributed by atoms with van der Waals surface area (Å²) in [5.74, 6) is -5.82. The van der Waals surface area contributed by atoms with Crippen LogP contribution < -0.4 is 0 Å². The highest BCUT2D eigenvalue weighted by Gasteiger charge is 2.36. The quantitative estimate of drug-likeness (QED) is 0.147. The van der Waals surface area contributed by atoms with E-state index in [1.807, 2.05) is 0 Å². The summed E-state index contributed by atoms with van der Waals surface area (Å²) < 4.78 is 4.19. The summed E-state index contributed by atoms with van der Waals surface area (Å²) in [5, 5.41) is 73.6. The second-order valence-electron chi connectivity index (χ2n) is 4.75. The average molecular weight is 348 g/mol. The lowest BCUT2D eigenvalue weighted by molar-refractivity contribution is -0.164. The number of phenolic OH excluding ortho intramolecular Hbond substituents is 3. The number of rotatable bonds is 6. The number of hydrogen-bond donors (Lipinski definition) is 8. The molecule has 1 aromatic carbocycles. The van der Waals surface area contributed by atoms with E-state index in [1.54, 1.807) is 0 Å².